The highest BCUT2D eigenvalue weighted by Crippen LogP contribution is 2.39. The smallest absolute Gasteiger partial charge is 0.364 e. The second-order valence-corrected chi connectivity index (χ2v) is 25.7. The number of ether oxygens (including phenoxy) is 6. The maximum absolute atomic E-state index is 13.5. The van der Waals surface area contributed by atoms with E-state index in [2.05, 4.69) is 36.6 Å². The quantitative estimate of drug-likeness (QED) is 0.0230. The van der Waals surface area contributed by atoms with Crippen molar-refractivity contribution in [1.29, 1.82) is 0 Å². The predicted octanol–water partition coefficient (Wildman–Crippen LogP) is 6.45. The number of aliphatic carboxylic acids is 1. The fourth-order valence-electron chi connectivity index (χ4n) is 12.2. The summed E-state index contributed by atoms with van der Waals surface area (Å²) in [6.07, 6.45) is 19.3. The van der Waals surface area contributed by atoms with Crippen LogP contribution in [0.4, 0.5) is 0 Å². The monoisotopic (exact) mass is 1300 g/mol. The lowest BCUT2D eigenvalue weighted by Gasteiger charge is -2.50. The van der Waals surface area contributed by atoms with Crippen LogP contribution >= 0.6 is 0 Å². The first-order chi connectivity index (χ1) is 43.9. The molecule has 91 heavy (non-hydrogen) atoms. The van der Waals surface area contributed by atoms with Gasteiger partial charge in [0.15, 0.2) is 12.6 Å². The van der Waals surface area contributed by atoms with E-state index in [1.54, 1.807) is 6.08 Å². The van der Waals surface area contributed by atoms with Gasteiger partial charge in [-0.3, -0.25) is 9.59 Å². The molecule has 18 atom stereocenters. The van der Waals surface area contributed by atoms with Crippen LogP contribution < -0.4 is 10.6 Å². The van der Waals surface area contributed by atoms with Crippen molar-refractivity contribution in [2.45, 2.75) is 362 Å². The number of rotatable bonds is 53. The van der Waals surface area contributed by atoms with Crippen LogP contribution in [0, 0.1) is 0 Å². The lowest BCUT2D eigenvalue weighted by molar-refractivity contribution is -0.386. The van der Waals surface area contributed by atoms with Crippen molar-refractivity contribution in [1.82, 2.24) is 10.6 Å². The fraction of sp³-hybridized carbons (Fsp3) is 0.897. The number of carbonyl (C=O) groups excluding carboxylic acids is 2. The highest BCUT2D eigenvalue weighted by Gasteiger charge is 2.60. The summed E-state index contributed by atoms with van der Waals surface area (Å²) in [5, 5.41) is 136. The topological polar surface area (TPSA) is 373 Å². The Labute approximate surface area is 543 Å². The van der Waals surface area contributed by atoms with Crippen molar-refractivity contribution < 1.29 is 104 Å². The van der Waals surface area contributed by atoms with E-state index in [0.29, 0.717) is 12.8 Å². The van der Waals surface area contributed by atoms with E-state index in [1.807, 2.05) is 6.08 Å². The highest BCUT2D eigenvalue weighted by molar-refractivity contribution is 5.77. The van der Waals surface area contributed by atoms with Gasteiger partial charge in [0, 0.05) is 19.8 Å². The number of hydrogen-bond donors (Lipinski definition) is 14. The lowest BCUT2D eigenvalue weighted by Crippen LogP contribution is -2.70. The maximum Gasteiger partial charge on any atom is 0.364 e. The second kappa shape index (κ2) is 48.8. The third-order valence-corrected chi connectivity index (χ3v) is 17.9. The van der Waals surface area contributed by atoms with E-state index < -0.39 is 155 Å². The molecule has 0 aliphatic carbocycles. The van der Waals surface area contributed by atoms with Crippen LogP contribution in [-0.2, 0) is 42.8 Å². The molecule has 3 aliphatic rings. The fourth-order valence-corrected chi connectivity index (χ4v) is 12.2. The van der Waals surface area contributed by atoms with Crippen molar-refractivity contribution in [2.75, 3.05) is 26.4 Å². The molecule has 3 aliphatic heterocycles. The van der Waals surface area contributed by atoms with Gasteiger partial charge in [-0.05, 0) is 44.9 Å². The Morgan fingerprint density at radius 2 is 1.03 bits per heavy atom. The molecule has 0 aromatic carbocycles. The number of nitrogens with one attached hydrogen (secondary N) is 2. The normalized spacial score (nSPS) is 28.5. The minimum absolute atomic E-state index is 0.196. The number of carboxylic acids is 1. The summed E-state index contributed by atoms with van der Waals surface area (Å²) in [5.41, 5.74) is 0. The molecular weight excluding hydrogens is 1180 g/mol. The first kappa shape index (κ1) is 82.4. The Hall–Kier alpha value is -2.79. The number of carbonyl (C=O) groups is 3. The summed E-state index contributed by atoms with van der Waals surface area (Å²) in [4.78, 5) is 38.5. The highest BCUT2D eigenvalue weighted by atomic mass is 16.8. The second-order valence-electron chi connectivity index (χ2n) is 25.7. The largest absolute Gasteiger partial charge is 0.477 e. The van der Waals surface area contributed by atoms with Gasteiger partial charge in [-0.2, -0.15) is 0 Å². The van der Waals surface area contributed by atoms with Gasteiger partial charge in [-0.1, -0.05) is 212 Å². The van der Waals surface area contributed by atoms with Crippen LogP contribution in [0.5, 0.6) is 0 Å². The Kier molecular flexibility index (Phi) is 44.2. The zero-order valence-electron chi connectivity index (χ0n) is 55.4. The average Bonchev–Trinajstić information content (AvgIpc) is 0.788. The van der Waals surface area contributed by atoms with Gasteiger partial charge >= 0.3 is 5.97 Å². The van der Waals surface area contributed by atoms with Gasteiger partial charge in [-0.15, -0.1) is 0 Å². The van der Waals surface area contributed by atoms with Crippen LogP contribution in [0.2, 0.25) is 0 Å². The molecule has 0 aromatic heterocycles. The molecule has 2 amide bonds. The number of amides is 2. The van der Waals surface area contributed by atoms with Gasteiger partial charge in [0.05, 0.1) is 50.7 Å². The van der Waals surface area contributed by atoms with E-state index in [0.717, 1.165) is 77.6 Å². The molecule has 0 spiro atoms. The minimum Gasteiger partial charge on any atom is -0.477 e. The molecule has 532 valence electrons. The molecule has 3 rings (SSSR count). The first-order valence-electron chi connectivity index (χ1n) is 35.2. The van der Waals surface area contributed by atoms with Crippen LogP contribution in [0.1, 0.15) is 252 Å². The summed E-state index contributed by atoms with van der Waals surface area (Å²) in [6, 6.07) is -2.62. The summed E-state index contributed by atoms with van der Waals surface area (Å²) >= 11 is 0. The van der Waals surface area contributed by atoms with Crippen LogP contribution in [0.25, 0.3) is 0 Å². The Morgan fingerprint density at radius 3 is 1.49 bits per heavy atom. The van der Waals surface area contributed by atoms with Gasteiger partial charge in [-0.25, -0.2) is 4.79 Å². The lowest BCUT2D eigenvalue weighted by atomic mass is 9.88. The molecule has 3 saturated heterocycles. The SMILES string of the molecule is CCCCCCCCCCCC/C=C\CCCCCCCCCC(=O)NC(COC1OC(CO)C(OC2OC(CO)C(O)C(OC3(C(=O)O)CC(O)C(NC(C)=O)C(C(O)C(O)CO)O3)C2O)C(O)C1O)C(O)/C=C/CCCCCCCCCCCCCCCC. The summed E-state index contributed by atoms with van der Waals surface area (Å²) in [6.45, 7) is 2.14. The minimum atomic E-state index is -3.08. The molecular formula is C68H124N2O21. The van der Waals surface area contributed by atoms with Crippen LogP contribution in [0.3, 0.4) is 0 Å². The molecule has 0 radical (unpaired) electrons. The van der Waals surface area contributed by atoms with Gasteiger partial charge < -0.3 is 100 Å². The molecule has 18 unspecified atom stereocenters. The van der Waals surface area contributed by atoms with E-state index >= 15 is 0 Å². The standard InChI is InChI=1S/C68H124N2O21/c1-4-6-8-10-12-14-16-18-20-22-23-24-25-26-28-30-32-34-36-38-40-42-55(78)70-49(50(75)41-39-37-35-33-31-29-27-21-19-17-15-13-11-9-7-5-2)47-86-65-60(82)59(81)62(54(46-73)88-65)89-66-61(83)64(58(80)53(45-72)87-66)91-68(67(84)85)43-51(76)56(69-48(3)74)63(90-68)57(79)52(77)44-71/h24-25,39,41,49-54,56-66,71-73,75-77,79-83H,4-23,26-38,40,42-47H2,1-3H3,(H,69,74)(H,70,78)(H,84,85)/b25-24-,41-39+. The zero-order chi connectivity index (χ0) is 66.8. The molecule has 14 N–H and O–H groups in total. The third-order valence-electron chi connectivity index (χ3n) is 17.9. The summed E-state index contributed by atoms with van der Waals surface area (Å²) < 4.78 is 34.8. The number of aliphatic hydroxyl groups excluding tert-OH is 11. The number of aliphatic hydroxyl groups is 11. The molecule has 0 bridgehead atoms. The molecule has 0 saturated carbocycles. The van der Waals surface area contributed by atoms with Crippen molar-refractivity contribution >= 4 is 17.8 Å². The summed E-state index contributed by atoms with van der Waals surface area (Å²) in [7, 11) is 0. The predicted molar refractivity (Wildman–Crippen MR) is 343 cm³/mol. The van der Waals surface area contributed by atoms with Crippen molar-refractivity contribution in [2.24, 2.45) is 0 Å². The number of allylic oxidation sites excluding steroid dienone is 3. The molecule has 23 nitrogen and oxygen atoms in total. The Morgan fingerprint density at radius 1 is 0.571 bits per heavy atom. The zero-order valence-corrected chi connectivity index (χ0v) is 55.4. The molecule has 0 aromatic rings. The van der Waals surface area contributed by atoms with Crippen LogP contribution in [0.15, 0.2) is 24.3 Å². The average molecular weight is 1310 g/mol. The molecule has 23 heteroatoms. The van der Waals surface area contributed by atoms with Crippen molar-refractivity contribution in [3.63, 3.8) is 0 Å². The number of hydrogen-bond acceptors (Lipinski definition) is 20. The number of unbranched alkanes of at least 4 members (excludes halogenated alkanes) is 31. The molecule has 3 fully saturated rings. The van der Waals surface area contributed by atoms with Crippen molar-refractivity contribution in [3.8, 4) is 0 Å². The molecule has 3 heterocycles. The van der Waals surface area contributed by atoms with Gasteiger partial charge in [0.25, 0.3) is 5.79 Å². The Bertz CT molecular complexity index is 1940. The maximum atomic E-state index is 13.5. The first-order valence-corrected chi connectivity index (χ1v) is 35.2. The Balaban J connectivity index is 1.60. The van der Waals surface area contributed by atoms with Gasteiger partial charge in [0.1, 0.15) is 67.1 Å². The van der Waals surface area contributed by atoms with E-state index in [4.69, 9.17) is 28.4 Å². The number of carboxylic acid groups (broad SMARTS) is 1. The van der Waals surface area contributed by atoms with E-state index in [1.165, 1.54) is 135 Å². The van der Waals surface area contributed by atoms with Crippen LogP contribution in [-0.4, -0.2) is 215 Å². The van der Waals surface area contributed by atoms with E-state index in [9.17, 15) is 75.7 Å². The third kappa shape index (κ3) is 31.3. The van der Waals surface area contributed by atoms with E-state index in [-0.39, 0.29) is 12.3 Å². The van der Waals surface area contributed by atoms with Gasteiger partial charge in [0.2, 0.25) is 11.8 Å². The van der Waals surface area contributed by atoms with Crippen molar-refractivity contribution in [3.05, 3.63) is 24.3 Å². The summed E-state index contributed by atoms with van der Waals surface area (Å²) in [5.74, 6) is -6.15.